The SMILES string of the molecule is Cc1ccc(-n2c3cc(C)ccc3c3sc4c(oc5c4sc4c5sc5c6ccc(C)cc6sc54)c32)cc1. The van der Waals surface area contributed by atoms with Crippen molar-refractivity contribution in [3.8, 4) is 5.69 Å². The molecule has 0 aliphatic carbocycles. The fourth-order valence-corrected chi connectivity index (χ4v) is 11.4. The van der Waals surface area contributed by atoms with E-state index in [1.165, 1.54) is 81.8 Å². The molecule has 0 spiro atoms. The Bertz CT molecular complexity index is 2380. The van der Waals surface area contributed by atoms with E-state index in [2.05, 4.69) is 86.0 Å². The molecule has 0 saturated carbocycles. The van der Waals surface area contributed by atoms with Gasteiger partial charge in [-0.25, -0.2) is 0 Å². The van der Waals surface area contributed by atoms with Crippen molar-refractivity contribution in [1.29, 1.82) is 0 Å². The molecule has 9 rings (SSSR count). The van der Waals surface area contributed by atoms with Crippen molar-refractivity contribution in [3.63, 3.8) is 0 Å². The highest BCUT2D eigenvalue weighted by Crippen LogP contribution is 2.55. The molecular weight excluding hydrogens is 531 g/mol. The lowest BCUT2D eigenvalue weighted by Crippen LogP contribution is -1.93. The van der Waals surface area contributed by atoms with Gasteiger partial charge in [0, 0.05) is 21.2 Å². The van der Waals surface area contributed by atoms with E-state index in [-0.39, 0.29) is 0 Å². The van der Waals surface area contributed by atoms with Gasteiger partial charge in [-0.15, -0.1) is 45.3 Å². The van der Waals surface area contributed by atoms with Gasteiger partial charge in [-0.05, 0) is 56.2 Å². The summed E-state index contributed by atoms with van der Waals surface area (Å²) in [6.45, 7) is 6.48. The Morgan fingerprint density at radius 3 is 2.00 bits per heavy atom. The van der Waals surface area contributed by atoms with E-state index in [0.717, 1.165) is 11.2 Å². The van der Waals surface area contributed by atoms with E-state index in [9.17, 15) is 0 Å². The van der Waals surface area contributed by atoms with Crippen molar-refractivity contribution in [1.82, 2.24) is 4.57 Å². The lowest BCUT2D eigenvalue weighted by atomic mass is 10.2. The van der Waals surface area contributed by atoms with Gasteiger partial charge in [0.15, 0.2) is 11.2 Å². The predicted molar refractivity (Wildman–Crippen MR) is 166 cm³/mol. The van der Waals surface area contributed by atoms with E-state index < -0.39 is 0 Å². The third kappa shape index (κ3) is 2.64. The number of benzene rings is 3. The van der Waals surface area contributed by atoms with Crippen molar-refractivity contribution >= 4 is 116 Å². The van der Waals surface area contributed by atoms with E-state index >= 15 is 0 Å². The molecule has 0 aliphatic rings. The molecule has 0 saturated heterocycles. The summed E-state index contributed by atoms with van der Waals surface area (Å²) in [5.41, 5.74) is 9.56. The number of fused-ring (bicyclic) bond motifs is 13. The summed E-state index contributed by atoms with van der Waals surface area (Å²) in [4.78, 5) is 0. The summed E-state index contributed by atoms with van der Waals surface area (Å²) in [5, 5.41) is 2.67. The van der Waals surface area contributed by atoms with Crippen LogP contribution >= 0.6 is 45.3 Å². The molecule has 0 fully saturated rings. The van der Waals surface area contributed by atoms with E-state index in [0.29, 0.717) is 0 Å². The molecule has 0 radical (unpaired) electrons. The minimum Gasteiger partial charge on any atom is -0.450 e. The van der Waals surface area contributed by atoms with Crippen LogP contribution in [0.25, 0.3) is 76.3 Å². The van der Waals surface area contributed by atoms with Crippen molar-refractivity contribution in [2.75, 3.05) is 0 Å². The Kier molecular flexibility index (Phi) is 3.96. The first-order valence-electron chi connectivity index (χ1n) is 12.3. The first-order valence-corrected chi connectivity index (χ1v) is 15.5. The number of hydrogen-bond donors (Lipinski definition) is 0. The Morgan fingerprint density at radius 1 is 0.541 bits per heavy atom. The predicted octanol–water partition coefficient (Wildman–Crippen LogP) is 11.3. The second kappa shape index (κ2) is 7.03. The van der Waals surface area contributed by atoms with Gasteiger partial charge in [-0.1, -0.05) is 42.0 Å². The summed E-state index contributed by atoms with van der Waals surface area (Å²) < 4.78 is 20.0. The smallest absolute Gasteiger partial charge is 0.171 e. The van der Waals surface area contributed by atoms with Crippen LogP contribution in [0.4, 0.5) is 0 Å². The number of aromatic nitrogens is 1. The van der Waals surface area contributed by atoms with Crippen LogP contribution in [0.15, 0.2) is 65.1 Å². The van der Waals surface area contributed by atoms with Gasteiger partial charge < -0.3 is 8.98 Å². The van der Waals surface area contributed by atoms with Crippen LogP contribution in [0.2, 0.25) is 0 Å². The van der Waals surface area contributed by atoms with Crippen molar-refractivity contribution in [2.24, 2.45) is 0 Å². The third-order valence-corrected chi connectivity index (χ3v) is 12.8. The number of furan rings is 1. The quantitative estimate of drug-likeness (QED) is 0.199. The van der Waals surface area contributed by atoms with Crippen LogP contribution in [0.1, 0.15) is 16.7 Å². The molecule has 9 aromatic rings. The van der Waals surface area contributed by atoms with Crippen LogP contribution in [-0.4, -0.2) is 4.57 Å². The van der Waals surface area contributed by atoms with E-state index in [4.69, 9.17) is 4.42 Å². The molecule has 0 unspecified atom stereocenters. The summed E-state index contributed by atoms with van der Waals surface area (Å²) >= 11 is 7.62. The maximum atomic E-state index is 6.85. The van der Waals surface area contributed by atoms with Crippen LogP contribution in [0, 0.1) is 20.8 Å². The van der Waals surface area contributed by atoms with Crippen LogP contribution in [0.3, 0.4) is 0 Å². The number of hydrogen-bond acceptors (Lipinski definition) is 5. The Morgan fingerprint density at radius 2 is 1.16 bits per heavy atom. The summed E-state index contributed by atoms with van der Waals surface area (Å²) in [7, 11) is 0. The molecule has 2 nitrogen and oxygen atoms in total. The van der Waals surface area contributed by atoms with E-state index in [1.807, 2.05) is 45.3 Å². The highest BCUT2D eigenvalue weighted by atomic mass is 32.1. The van der Waals surface area contributed by atoms with Gasteiger partial charge in [0.25, 0.3) is 0 Å². The first kappa shape index (κ1) is 20.8. The summed E-state index contributed by atoms with van der Waals surface area (Å²) in [6.07, 6.45) is 0. The molecular formula is C31H19NOS4. The van der Waals surface area contributed by atoms with Crippen molar-refractivity contribution < 1.29 is 4.42 Å². The van der Waals surface area contributed by atoms with E-state index in [1.54, 1.807) is 0 Å². The minimum absolute atomic E-state index is 1.02. The lowest BCUT2D eigenvalue weighted by Gasteiger charge is -2.08. The molecule has 0 atom stereocenters. The molecule has 0 bridgehead atoms. The van der Waals surface area contributed by atoms with Crippen LogP contribution in [-0.2, 0) is 0 Å². The normalized spacial score (nSPS) is 12.7. The highest BCUT2D eigenvalue weighted by Gasteiger charge is 2.26. The molecule has 0 amide bonds. The van der Waals surface area contributed by atoms with Crippen molar-refractivity contribution in [3.05, 3.63) is 77.4 Å². The third-order valence-electron chi connectivity index (χ3n) is 7.44. The zero-order valence-electron chi connectivity index (χ0n) is 20.3. The summed E-state index contributed by atoms with van der Waals surface area (Å²) in [5.74, 6) is 0. The molecule has 3 aromatic carbocycles. The van der Waals surface area contributed by atoms with Crippen LogP contribution < -0.4 is 0 Å². The topological polar surface area (TPSA) is 18.1 Å². The van der Waals surface area contributed by atoms with Crippen molar-refractivity contribution in [2.45, 2.75) is 20.8 Å². The molecule has 6 heterocycles. The van der Waals surface area contributed by atoms with Gasteiger partial charge >= 0.3 is 0 Å². The Balaban J connectivity index is 1.41. The zero-order chi connectivity index (χ0) is 24.6. The van der Waals surface area contributed by atoms with Gasteiger partial charge in [0.05, 0.1) is 38.4 Å². The summed E-state index contributed by atoms with van der Waals surface area (Å²) in [6, 6.07) is 22.5. The monoisotopic (exact) mass is 549 g/mol. The fourth-order valence-electron chi connectivity index (χ4n) is 5.66. The largest absolute Gasteiger partial charge is 0.450 e. The first-order chi connectivity index (χ1) is 18.0. The van der Waals surface area contributed by atoms with Gasteiger partial charge in [-0.3, -0.25) is 0 Å². The molecule has 6 heteroatoms. The maximum Gasteiger partial charge on any atom is 0.171 e. The van der Waals surface area contributed by atoms with Crippen LogP contribution in [0.5, 0.6) is 0 Å². The standard InChI is InChI=1S/C31H19NOS4/c1-14-4-8-17(9-5-14)32-20-12-15(2)6-10-18(20)25-22(32)23-27(35-25)28-24(33-23)29-31(37-28)30-26(36-29)19-11-7-16(3)13-21(19)34-30/h4-13H,1-3H3. The minimum atomic E-state index is 1.02. The zero-order valence-corrected chi connectivity index (χ0v) is 23.5. The number of nitrogens with zero attached hydrogens (tertiary/aromatic N) is 1. The fraction of sp³-hybridized carbons (Fsp3) is 0.0968. The van der Waals surface area contributed by atoms with Gasteiger partial charge in [0.2, 0.25) is 0 Å². The number of thiophene rings is 4. The average molecular weight is 550 g/mol. The second-order valence-corrected chi connectivity index (χ2v) is 14.1. The van der Waals surface area contributed by atoms with Gasteiger partial charge in [-0.2, -0.15) is 0 Å². The Labute approximate surface area is 227 Å². The molecule has 0 N–H and O–H groups in total. The number of rotatable bonds is 1. The molecule has 6 aromatic heterocycles. The molecule has 37 heavy (non-hydrogen) atoms. The lowest BCUT2D eigenvalue weighted by molar-refractivity contribution is 0.676. The average Bonchev–Trinajstić information content (AvgIpc) is 3.67. The molecule has 0 aliphatic heterocycles. The maximum absolute atomic E-state index is 6.85. The second-order valence-electron chi connectivity index (χ2n) is 10.0. The van der Waals surface area contributed by atoms with Gasteiger partial charge in [0.1, 0.15) is 5.52 Å². The highest BCUT2D eigenvalue weighted by molar-refractivity contribution is 7.44. The molecule has 178 valence electrons. The Hall–Kier alpha value is -3.16. The number of aryl methyl sites for hydroxylation is 3.